The van der Waals surface area contributed by atoms with E-state index in [2.05, 4.69) is 0 Å². The van der Waals surface area contributed by atoms with Crippen LogP contribution in [0.4, 0.5) is 4.39 Å². The van der Waals surface area contributed by atoms with Gasteiger partial charge in [-0.15, -0.1) is 0 Å². The molecule has 0 spiro atoms. The molecule has 0 saturated heterocycles. The van der Waals surface area contributed by atoms with Crippen LogP contribution in [0.15, 0.2) is 107 Å². The molecule has 1 aromatic heterocycles. The second kappa shape index (κ2) is 11.4. The average molecular weight is 539 g/mol. The highest BCUT2D eigenvalue weighted by atomic mass is 32.2. The molecule has 9 heteroatoms. The van der Waals surface area contributed by atoms with E-state index in [1.165, 1.54) is 30.0 Å². The van der Waals surface area contributed by atoms with Crippen LogP contribution in [-0.2, 0) is 14.3 Å². The van der Waals surface area contributed by atoms with Crippen molar-refractivity contribution in [1.29, 1.82) is 5.26 Å². The molecule has 0 saturated carbocycles. The zero-order valence-corrected chi connectivity index (χ0v) is 21.7. The third kappa shape index (κ3) is 5.19. The van der Waals surface area contributed by atoms with Gasteiger partial charge in [0.25, 0.3) is 0 Å². The summed E-state index contributed by atoms with van der Waals surface area (Å²) in [7, 11) is 0. The van der Waals surface area contributed by atoms with E-state index in [1.54, 1.807) is 13.0 Å². The van der Waals surface area contributed by atoms with Gasteiger partial charge in [-0.2, -0.15) is 5.26 Å². The first-order valence-electron chi connectivity index (χ1n) is 12.2. The number of aromatic nitrogens is 2. The molecule has 3 aromatic carbocycles. The minimum Gasteiger partial charge on any atom is -0.463 e. The lowest BCUT2D eigenvalue weighted by Gasteiger charge is -2.28. The fourth-order valence-corrected chi connectivity index (χ4v) is 5.33. The number of nitrogens with two attached hydrogens (primary N) is 1. The lowest BCUT2D eigenvalue weighted by atomic mass is 9.83. The lowest BCUT2D eigenvalue weighted by molar-refractivity contribution is -0.139. The van der Waals surface area contributed by atoms with E-state index in [9.17, 15) is 14.4 Å². The first-order valence-corrected chi connectivity index (χ1v) is 13.2. The summed E-state index contributed by atoms with van der Waals surface area (Å²) >= 11 is 1.30. The zero-order valence-electron chi connectivity index (χ0n) is 20.9. The average Bonchev–Trinajstić information content (AvgIpc) is 2.96. The number of nitriles is 1. The van der Waals surface area contributed by atoms with Gasteiger partial charge in [-0.3, -0.25) is 0 Å². The summed E-state index contributed by atoms with van der Waals surface area (Å²) in [4.78, 5) is 22.9. The highest BCUT2D eigenvalue weighted by Gasteiger charge is 2.39. The highest BCUT2D eigenvalue weighted by Crippen LogP contribution is 2.42. The summed E-state index contributed by atoms with van der Waals surface area (Å²) in [5.41, 5.74) is 9.22. The third-order valence-corrected chi connectivity index (χ3v) is 7.10. The lowest BCUT2D eigenvalue weighted by Crippen LogP contribution is -2.27. The van der Waals surface area contributed by atoms with Gasteiger partial charge in [-0.25, -0.2) is 19.2 Å². The minimum atomic E-state index is -1.09. The van der Waals surface area contributed by atoms with Gasteiger partial charge < -0.3 is 15.2 Å². The van der Waals surface area contributed by atoms with Gasteiger partial charge in [-0.1, -0.05) is 72.4 Å². The molecule has 0 bridgehead atoms. The van der Waals surface area contributed by atoms with Crippen LogP contribution in [0.2, 0.25) is 0 Å². The van der Waals surface area contributed by atoms with Crippen LogP contribution in [-0.4, -0.2) is 28.3 Å². The van der Waals surface area contributed by atoms with Crippen molar-refractivity contribution in [3.8, 4) is 17.3 Å². The summed E-state index contributed by atoms with van der Waals surface area (Å²) < 4.78 is 26.2. The van der Waals surface area contributed by atoms with Crippen LogP contribution in [0.25, 0.3) is 22.3 Å². The second-order valence-electron chi connectivity index (χ2n) is 8.52. The summed E-state index contributed by atoms with van der Waals surface area (Å²) in [5.74, 6) is -2.30. The molecule has 1 unspecified atom stereocenters. The monoisotopic (exact) mass is 538 g/mol. The van der Waals surface area contributed by atoms with Crippen LogP contribution in [0.3, 0.4) is 0 Å². The second-order valence-corrected chi connectivity index (χ2v) is 9.49. The van der Waals surface area contributed by atoms with Crippen LogP contribution < -0.4 is 5.73 Å². The number of halogens is 1. The van der Waals surface area contributed by atoms with Crippen LogP contribution in [0.5, 0.6) is 0 Å². The molecule has 194 valence electrons. The van der Waals surface area contributed by atoms with Crippen molar-refractivity contribution in [2.24, 2.45) is 5.73 Å². The van der Waals surface area contributed by atoms with Crippen molar-refractivity contribution in [1.82, 2.24) is 9.97 Å². The van der Waals surface area contributed by atoms with Gasteiger partial charge in [-0.05, 0) is 25.1 Å². The predicted octanol–water partition coefficient (Wildman–Crippen LogP) is 5.85. The van der Waals surface area contributed by atoms with Crippen LogP contribution in [0, 0.1) is 17.1 Å². The first kappa shape index (κ1) is 25.9. The van der Waals surface area contributed by atoms with Crippen molar-refractivity contribution in [2.45, 2.75) is 17.9 Å². The van der Waals surface area contributed by atoms with E-state index >= 15 is 0 Å². The summed E-state index contributed by atoms with van der Waals surface area (Å²) in [5, 5.41) is 10.5. The topological polar surface area (TPSA) is 111 Å². The number of fused-ring (bicyclic) bond motifs is 1. The highest BCUT2D eigenvalue weighted by molar-refractivity contribution is 7.99. The van der Waals surface area contributed by atoms with Crippen LogP contribution >= 0.6 is 11.8 Å². The number of hydrogen-bond donors (Lipinski definition) is 1. The van der Waals surface area contributed by atoms with Gasteiger partial charge in [0.05, 0.1) is 34.9 Å². The molecule has 2 N–H and O–H groups in total. The molecule has 4 aromatic rings. The van der Waals surface area contributed by atoms with Gasteiger partial charge in [0, 0.05) is 11.1 Å². The van der Waals surface area contributed by atoms with E-state index in [1.807, 2.05) is 60.7 Å². The first-order chi connectivity index (χ1) is 19.0. The van der Waals surface area contributed by atoms with Crippen molar-refractivity contribution in [2.75, 3.05) is 12.4 Å². The number of thioether (sulfide) groups is 1. The molecule has 0 fully saturated rings. The number of ether oxygens (including phenoxy) is 2. The number of benzene rings is 3. The maximum absolute atomic E-state index is 15.0. The standard InChI is InChI=1S/C30H23FN4O3S/c1-2-37-30(36)26-24(38-28(33)20(16-32)25(26)19-12-6-7-13-21(19)31)17-39-29-27(18-10-4-3-5-11-18)34-22-14-8-9-15-23(22)35-29/h3-15,25H,2,17,33H2,1H3. The Morgan fingerprint density at radius 2 is 1.72 bits per heavy atom. The van der Waals surface area contributed by atoms with E-state index in [0.717, 1.165) is 11.1 Å². The molecular weight excluding hydrogens is 515 g/mol. The molecule has 1 atom stereocenters. The third-order valence-electron chi connectivity index (χ3n) is 6.13. The zero-order chi connectivity index (χ0) is 27.4. The van der Waals surface area contributed by atoms with Crippen molar-refractivity contribution < 1.29 is 18.7 Å². The molecule has 0 aliphatic carbocycles. The molecule has 7 nitrogen and oxygen atoms in total. The van der Waals surface area contributed by atoms with Crippen molar-refractivity contribution in [3.63, 3.8) is 0 Å². The van der Waals surface area contributed by atoms with E-state index < -0.39 is 17.7 Å². The Balaban J connectivity index is 1.62. The number of para-hydroxylation sites is 2. The Kier molecular flexibility index (Phi) is 7.57. The molecule has 0 amide bonds. The Labute approximate surface area is 228 Å². The van der Waals surface area contributed by atoms with Gasteiger partial charge in [0.2, 0.25) is 5.88 Å². The van der Waals surface area contributed by atoms with E-state index in [-0.39, 0.29) is 40.7 Å². The summed E-state index contributed by atoms with van der Waals surface area (Å²) in [6.07, 6.45) is 0. The summed E-state index contributed by atoms with van der Waals surface area (Å²) in [6.45, 7) is 1.75. The maximum Gasteiger partial charge on any atom is 0.338 e. The Morgan fingerprint density at radius 3 is 2.41 bits per heavy atom. The molecule has 2 heterocycles. The SMILES string of the molecule is CCOC(=O)C1=C(CSc2nc3ccccc3nc2-c2ccccc2)OC(N)=C(C#N)C1c1ccccc1F. The molecule has 1 aliphatic heterocycles. The molecule has 0 radical (unpaired) electrons. The predicted molar refractivity (Wildman–Crippen MR) is 146 cm³/mol. The Hall–Kier alpha value is -4.68. The molecule has 1 aliphatic rings. The summed E-state index contributed by atoms with van der Waals surface area (Å²) in [6, 6.07) is 25.1. The Bertz CT molecular complexity index is 1660. The largest absolute Gasteiger partial charge is 0.463 e. The van der Waals surface area contributed by atoms with Crippen LogP contribution in [0.1, 0.15) is 18.4 Å². The quantitative estimate of drug-likeness (QED) is 0.230. The van der Waals surface area contributed by atoms with E-state index in [0.29, 0.717) is 16.2 Å². The minimum absolute atomic E-state index is 0.0233. The fraction of sp³-hybridized carbons (Fsp3) is 0.133. The smallest absolute Gasteiger partial charge is 0.338 e. The Morgan fingerprint density at radius 1 is 1.05 bits per heavy atom. The number of rotatable bonds is 7. The number of allylic oxidation sites excluding steroid dienone is 1. The van der Waals surface area contributed by atoms with Gasteiger partial charge >= 0.3 is 5.97 Å². The number of carbonyl (C=O) groups is 1. The molecular formula is C30H23FN4O3S. The molecule has 5 rings (SSSR count). The number of hydrogen-bond acceptors (Lipinski definition) is 8. The van der Waals surface area contributed by atoms with Gasteiger partial charge in [0.1, 0.15) is 33.9 Å². The van der Waals surface area contributed by atoms with Crippen molar-refractivity contribution in [3.05, 3.63) is 113 Å². The van der Waals surface area contributed by atoms with Gasteiger partial charge in [0.15, 0.2) is 0 Å². The number of nitrogens with zero attached hydrogens (tertiary/aromatic N) is 3. The normalized spacial score (nSPS) is 15.2. The fourth-order valence-electron chi connectivity index (χ4n) is 4.38. The van der Waals surface area contributed by atoms with E-state index in [4.69, 9.17) is 25.2 Å². The number of carbonyl (C=O) groups excluding carboxylic acids is 1. The molecule has 39 heavy (non-hydrogen) atoms. The number of esters is 1. The van der Waals surface area contributed by atoms with Crippen molar-refractivity contribution >= 4 is 28.8 Å². The maximum atomic E-state index is 15.0.